The zero-order valence-electron chi connectivity index (χ0n) is 11.0. The van der Waals surface area contributed by atoms with E-state index in [2.05, 4.69) is 5.32 Å². The highest BCUT2D eigenvalue weighted by molar-refractivity contribution is 5.94. The summed E-state index contributed by atoms with van der Waals surface area (Å²) in [6, 6.07) is 2.03. The van der Waals surface area contributed by atoms with Crippen LogP contribution in [0.15, 0.2) is 12.3 Å². The van der Waals surface area contributed by atoms with E-state index in [1.54, 1.807) is 6.07 Å². The molecule has 2 aliphatic carbocycles. The van der Waals surface area contributed by atoms with Gasteiger partial charge >= 0.3 is 0 Å². The van der Waals surface area contributed by atoms with Gasteiger partial charge in [-0.1, -0.05) is 12.8 Å². The molecular weight excluding hydrogens is 242 g/mol. The lowest BCUT2D eigenvalue weighted by Crippen LogP contribution is -2.45. The van der Waals surface area contributed by atoms with Crippen LogP contribution in [0.1, 0.15) is 55.1 Å². The van der Waals surface area contributed by atoms with Gasteiger partial charge in [-0.3, -0.25) is 4.79 Å². The van der Waals surface area contributed by atoms with Crippen molar-refractivity contribution in [2.45, 2.75) is 56.7 Å². The Bertz CT molecular complexity index is 479. The van der Waals surface area contributed by atoms with Gasteiger partial charge in [0.2, 0.25) is 0 Å². The highest BCUT2D eigenvalue weighted by atomic mass is 16.3. The van der Waals surface area contributed by atoms with Gasteiger partial charge in [-0.05, 0) is 31.7 Å². The average Bonchev–Trinajstić information content (AvgIpc) is 3.15. The Labute approximate surface area is 112 Å². The van der Waals surface area contributed by atoms with Gasteiger partial charge in [0.1, 0.15) is 5.69 Å². The lowest BCUT2D eigenvalue weighted by Gasteiger charge is -2.28. The summed E-state index contributed by atoms with van der Waals surface area (Å²) < 4.78 is 1.97. The van der Waals surface area contributed by atoms with E-state index in [0.717, 1.165) is 38.5 Å². The number of nitrogen functional groups attached to an aromatic ring is 1. The largest absolute Gasteiger partial charge is 0.397 e. The summed E-state index contributed by atoms with van der Waals surface area (Å²) >= 11 is 0. The number of nitrogens with two attached hydrogens (primary N) is 1. The maximum atomic E-state index is 12.3. The Kier molecular flexibility index (Phi) is 3.22. The molecule has 1 amide bonds. The van der Waals surface area contributed by atoms with Gasteiger partial charge in [0.15, 0.2) is 0 Å². The predicted molar refractivity (Wildman–Crippen MR) is 72.8 cm³/mol. The number of rotatable bonds is 3. The smallest absolute Gasteiger partial charge is 0.268 e. The summed E-state index contributed by atoms with van der Waals surface area (Å²) in [5.41, 5.74) is 7.04. The van der Waals surface area contributed by atoms with Crippen LogP contribution in [0.3, 0.4) is 0 Å². The lowest BCUT2D eigenvalue weighted by molar-refractivity contribution is 0.0710. The van der Waals surface area contributed by atoms with E-state index >= 15 is 0 Å². The fraction of sp³-hybridized carbons (Fsp3) is 0.643. The number of hydrogen-bond donors (Lipinski definition) is 3. The van der Waals surface area contributed by atoms with Crippen LogP contribution >= 0.6 is 0 Å². The molecule has 1 aromatic heterocycles. The van der Waals surface area contributed by atoms with E-state index in [1.165, 1.54) is 0 Å². The van der Waals surface area contributed by atoms with Crippen molar-refractivity contribution < 1.29 is 9.90 Å². The molecule has 5 heteroatoms. The molecule has 5 nitrogen and oxygen atoms in total. The Hall–Kier alpha value is -1.49. The van der Waals surface area contributed by atoms with Gasteiger partial charge in [0.05, 0.1) is 17.8 Å². The van der Waals surface area contributed by atoms with Crippen molar-refractivity contribution in [3.8, 4) is 0 Å². The summed E-state index contributed by atoms with van der Waals surface area (Å²) in [6.45, 7) is 0. The lowest BCUT2D eigenvalue weighted by atomic mass is 9.92. The number of nitrogens with one attached hydrogen (secondary N) is 1. The van der Waals surface area contributed by atoms with Crippen LogP contribution in [-0.2, 0) is 0 Å². The second-order valence-corrected chi connectivity index (χ2v) is 5.73. The van der Waals surface area contributed by atoms with E-state index in [1.807, 2.05) is 10.8 Å². The summed E-state index contributed by atoms with van der Waals surface area (Å²) in [5.74, 6) is -0.116. The number of amides is 1. The SMILES string of the molecule is Nc1cc(C(=O)N[C@@H]2CCCC[C@H]2O)n(C2CC2)c1. The number of aromatic nitrogens is 1. The van der Waals surface area contributed by atoms with E-state index in [-0.39, 0.29) is 11.9 Å². The van der Waals surface area contributed by atoms with E-state index in [4.69, 9.17) is 5.73 Å². The van der Waals surface area contributed by atoms with Gasteiger partial charge in [-0.2, -0.15) is 0 Å². The van der Waals surface area contributed by atoms with E-state index < -0.39 is 6.10 Å². The molecule has 4 N–H and O–H groups in total. The monoisotopic (exact) mass is 263 g/mol. The van der Waals surface area contributed by atoms with Gasteiger partial charge in [-0.15, -0.1) is 0 Å². The highest BCUT2D eigenvalue weighted by Crippen LogP contribution is 2.37. The first kappa shape index (κ1) is 12.5. The van der Waals surface area contributed by atoms with Gasteiger partial charge in [0.25, 0.3) is 5.91 Å². The molecule has 2 saturated carbocycles. The van der Waals surface area contributed by atoms with Crippen molar-refractivity contribution in [2.24, 2.45) is 0 Å². The van der Waals surface area contributed by atoms with Gasteiger partial charge < -0.3 is 20.7 Å². The fourth-order valence-electron chi connectivity index (χ4n) is 2.86. The predicted octanol–water partition coefficient (Wildman–Crippen LogP) is 1.44. The summed E-state index contributed by atoms with van der Waals surface area (Å²) in [6.07, 6.45) is 7.38. The van der Waals surface area contributed by atoms with Crippen LogP contribution in [0, 0.1) is 0 Å². The topological polar surface area (TPSA) is 80.3 Å². The molecule has 104 valence electrons. The van der Waals surface area contributed by atoms with Crippen molar-refractivity contribution in [1.29, 1.82) is 0 Å². The Balaban J connectivity index is 1.72. The number of nitrogens with zero attached hydrogens (tertiary/aromatic N) is 1. The molecule has 1 aromatic rings. The number of aliphatic hydroxyl groups excluding tert-OH is 1. The molecule has 2 fully saturated rings. The zero-order valence-corrected chi connectivity index (χ0v) is 11.0. The molecule has 0 radical (unpaired) electrons. The summed E-state index contributed by atoms with van der Waals surface area (Å²) in [5, 5.41) is 12.9. The molecule has 2 aliphatic rings. The minimum Gasteiger partial charge on any atom is -0.397 e. The van der Waals surface area contributed by atoms with Crippen LogP contribution in [-0.4, -0.2) is 27.7 Å². The van der Waals surface area contributed by atoms with Crippen LogP contribution < -0.4 is 11.1 Å². The number of anilines is 1. The second-order valence-electron chi connectivity index (χ2n) is 5.73. The van der Waals surface area contributed by atoms with Crippen LogP contribution in [0.25, 0.3) is 0 Å². The summed E-state index contributed by atoms with van der Waals surface area (Å²) in [7, 11) is 0. The minimum atomic E-state index is -0.417. The Morgan fingerprint density at radius 2 is 2.05 bits per heavy atom. The first-order valence-electron chi connectivity index (χ1n) is 7.11. The Morgan fingerprint density at radius 1 is 1.32 bits per heavy atom. The quantitative estimate of drug-likeness (QED) is 0.772. The molecule has 0 saturated heterocycles. The molecule has 3 rings (SSSR count). The van der Waals surface area contributed by atoms with Crippen LogP contribution in [0.4, 0.5) is 5.69 Å². The normalized spacial score (nSPS) is 27.2. The molecule has 0 bridgehead atoms. The maximum Gasteiger partial charge on any atom is 0.268 e. The Morgan fingerprint density at radius 3 is 2.74 bits per heavy atom. The molecule has 0 aliphatic heterocycles. The third-order valence-corrected chi connectivity index (χ3v) is 4.09. The second kappa shape index (κ2) is 4.89. The third kappa shape index (κ3) is 2.61. The highest BCUT2D eigenvalue weighted by Gasteiger charge is 2.30. The molecule has 0 aromatic carbocycles. The minimum absolute atomic E-state index is 0.116. The molecule has 2 atom stereocenters. The molecule has 0 unspecified atom stereocenters. The molecule has 1 heterocycles. The first-order valence-corrected chi connectivity index (χ1v) is 7.11. The standard InChI is InChI=1S/C14H21N3O2/c15-9-7-12(17(8-9)10-5-6-10)14(19)16-11-3-1-2-4-13(11)18/h7-8,10-11,13,18H,1-6,15H2,(H,16,19)/t11-,13-/m1/s1. The van der Waals surface area contributed by atoms with E-state index in [9.17, 15) is 9.90 Å². The fourth-order valence-corrected chi connectivity index (χ4v) is 2.86. The van der Waals surface area contributed by atoms with Crippen molar-refractivity contribution in [1.82, 2.24) is 9.88 Å². The van der Waals surface area contributed by atoms with E-state index in [0.29, 0.717) is 17.4 Å². The van der Waals surface area contributed by atoms with Crippen molar-refractivity contribution >= 4 is 11.6 Å². The van der Waals surface area contributed by atoms with Crippen molar-refractivity contribution in [3.05, 3.63) is 18.0 Å². The number of carbonyl (C=O) groups is 1. The van der Waals surface area contributed by atoms with Crippen LogP contribution in [0.5, 0.6) is 0 Å². The number of hydrogen-bond acceptors (Lipinski definition) is 3. The average molecular weight is 263 g/mol. The van der Waals surface area contributed by atoms with Crippen LogP contribution in [0.2, 0.25) is 0 Å². The van der Waals surface area contributed by atoms with Crippen molar-refractivity contribution in [2.75, 3.05) is 5.73 Å². The molecule has 0 spiro atoms. The van der Waals surface area contributed by atoms with Gasteiger partial charge in [0, 0.05) is 12.2 Å². The first-order chi connectivity index (χ1) is 9.15. The molecule has 19 heavy (non-hydrogen) atoms. The van der Waals surface area contributed by atoms with Crippen molar-refractivity contribution in [3.63, 3.8) is 0 Å². The molecular formula is C14H21N3O2. The van der Waals surface area contributed by atoms with Gasteiger partial charge in [-0.25, -0.2) is 0 Å². The summed E-state index contributed by atoms with van der Waals surface area (Å²) in [4.78, 5) is 12.3. The number of aliphatic hydroxyl groups is 1. The third-order valence-electron chi connectivity index (χ3n) is 4.09. The number of carbonyl (C=O) groups excluding carboxylic acids is 1. The zero-order chi connectivity index (χ0) is 13.4. The maximum absolute atomic E-state index is 12.3.